The van der Waals surface area contributed by atoms with E-state index in [4.69, 9.17) is 4.74 Å². The molecule has 258 valence electrons. The van der Waals surface area contributed by atoms with E-state index in [1.807, 2.05) is 4.72 Å². The number of alkyl carbamates (subject to hydrolysis) is 1. The van der Waals surface area contributed by atoms with E-state index in [2.05, 4.69) is 20.6 Å². The highest BCUT2D eigenvalue weighted by Gasteiger charge is 2.33. The Morgan fingerprint density at radius 3 is 2.45 bits per heavy atom. The standard InChI is InChI=1S/C30H37F5N6O5S/c1-16(2)41-25-18(15-36-27(39-25)37-19-7-9-23(22(32)14-19)38-28(43)46-29(3,4)5)12-20(26(41)42)17-6-8-24(21(31)13-17)40-47(44,45)11-10-30(33,34)35/h6,8,12-13,15-16,19,22-23,40H,7,9-11,14H2,1-5H3,(H,38,43)(H,36,37,39). The Labute approximate surface area is 268 Å². The second-order valence-electron chi connectivity index (χ2n) is 12.7. The lowest BCUT2D eigenvalue weighted by Gasteiger charge is -2.33. The Bertz CT molecular complexity index is 1790. The molecule has 3 aromatic rings. The highest BCUT2D eigenvalue weighted by atomic mass is 32.2. The summed E-state index contributed by atoms with van der Waals surface area (Å²) in [5, 5.41) is 6.11. The van der Waals surface area contributed by atoms with Crippen LogP contribution in [0.3, 0.4) is 0 Å². The van der Waals surface area contributed by atoms with E-state index >= 15 is 0 Å². The molecular formula is C30H37F5N6O5S. The minimum atomic E-state index is -4.71. The van der Waals surface area contributed by atoms with Crippen LogP contribution in [0.25, 0.3) is 22.2 Å². The summed E-state index contributed by atoms with van der Waals surface area (Å²) in [6, 6.07) is 3.18. The molecule has 3 N–H and O–H groups in total. The van der Waals surface area contributed by atoms with Crippen molar-refractivity contribution >= 4 is 38.8 Å². The van der Waals surface area contributed by atoms with Crippen molar-refractivity contribution < 1.29 is 39.9 Å². The van der Waals surface area contributed by atoms with E-state index in [0.29, 0.717) is 18.2 Å². The summed E-state index contributed by atoms with van der Waals surface area (Å²) < 4.78 is 99.9. The number of nitrogens with one attached hydrogen (secondary N) is 3. The fourth-order valence-electron chi connectivity index (χ4n) is 5.16. The first-order valence-corrected chi connectivity index (χ1v) is 16.6. The number of halogens is 5. The Morgan fingerprint density at radius 2 is 1.85 bits per heavy atom. The van der Waals surface area contributed by atoms with Gasteiger partial charge in [-0.3, -0.25) is 14.1 Å². The van der Waals surface area contributed by atoms with Crippen molar-refractivity contribution in [2.45, 2.75) is 96.4 Å². The Hall–Kier alpha value is -4.02. The van der Waals surface area contributed by atoms with Gasteiger partial charge in [0.25, 0.3) is 5.56 Å². The van der Waals surface area contributed by atoms with Crippen LogP contribution in [0.5, 0.6) is 0 Å². The van der Waals surface area contributed by atoms with Gasteiger partial charge in [-0.25, -0.2) is 27.0 Å². The molecule has 1 fully saturated rings. The number of nitrogens with zero attached hydrogens (tertiary/aromatic N) is 3. The molecule has 0 saturated heterocycles. The van der Waals surface area contributed by atoms with Crippen LogP contribution in [0.2, 0.25) is 0 Å². The van der Waals surface area contributed by atoms with Crippen LogP contribution in [0.4, 0.5) is 38.4 Å². The van der Waals surface area contributed by atoms with Crippen molar-refractivity contribution in [2.75, 3.05) is 15.8 Å². The number of alkyl halides is 4. The molecule has 1 amide bonds. The van der Waals surface area contributed by atoms with Crippen molar-refractivity contribution in [1.29, 1.82) is 0 Å². The number of fused-ring (bicyclic) bond motifs is 1. The summed E-state index contributed by atoms with van der Waals surface area (Å²) in [6.07, 6.45) is -5.99. The number of amides is 1. The van der Waals surface area contributed by atoms with E-state index in [1.54, 1.807) is 34.6 Å². The SMILES string of the molecule is CC(C)n1c(=O)c(-c2ccc(NS(=O)(=O)CCC(F)(F)F)c(F)c2)cc2cnc(NC3CCC(NC(=O)OC(C)(C)C)C(F)C3)nc21. The molecule has 2 heterocycles. The van der Waals surface area contributed by atoms with Crippen molar-refractivity contribution in [3.8, 4) is 11.1 Å². The maximum Gasteiger partial charge on any atom is 0.407 e. The molecule has 1 aliphatic rings. The minimum absolute atomic E-state index is 0.0527. The molecule has 3 unspecified atom stereocenters. The van der Waals surface area contributed by atoms with Gasteiger partial charge >= 0.3 is 12.3 Å². The van der Waals surface area contributed by atoms with Gasteiger partial charge < -0.3 is 15.4 Å². The molecule has 1 aliphatic carbocycles. The molecule has 17 heteroatoms. The van der Waals surface area contributed by atoms with Gasteiger partial charge in [0.15, 0.2) is 0 Å². The molecule has 47 heavy (non-hydrogen) atoms. The number of anilines is 2. The molecular weight excluding hydrogens is 651 g/mol. The summed E-state index contributed by atoms with van der Waals surface area (Å²) in [6.45, 7) is 8.63. The number of hydrogen-bond acceptors (Lipinski definition) is 8. The lowest BCUT2D eigenvalue weighted by atomic mass is 9.89. The van der Waals surface area contributed by atoms with Crippen LogP contribution in [-0.4, -0.2) is 64.8 Å². The van der Waals surface area contributed by atoms with Crippen molar-refractivity contribution in [1.82, 2.24) is 19.9 Å². The third-order valence-electron chi connectivity index (χ3n) is 7.30. The van der Waals surface area contributed by atoms with Gasteiger partial charge in [0.1, 0.15) is 23.2 Å². The van der Waals surface area contributed by atoms with Gasteiger partial charge in [0, 0.05) is 35.7 Å². The smallest absolute Gasteiger partial charge is 0.407 e. The largest absolute Gasteiger partial charge is 0.444 e. The highest BCUT2D eigenvalue weighted by molar-refractivity contribution is 7.92. The maximum absolute atomic E-state index is 15.0. The predicted molar refractivity (Wildman–Crippen MR) is 167 cm³/mol. The zero-order valence-corrected chi connectivity index (χ0v) is 27.2. The number of carbonyl (C=O) groups excluding carboxylic acids is 1. The number of benzene rings is 1. The zero-order chi connectivity index (χ0) is 34.9. The summed E-state index contributed by atoms with van der Waals surface area (Å²) in [4.78, 5) is 34.6. The van der Waals surface area contributed by atoms with Gasteiger partial charge in [-0.2, -0.15) is 18.2 Å². The Kier molecular flexibility index (Phi) is 10.4. The highest BCUT2D eigenvalue weighted by Crippen LogP contribution is 2.29. The van der Waals surface area contributed by atoms with Gasteiger partial charge in [-0.15, -0.1) is 0 Å². The predicted octanol–water partition coefficient (Wildman–Crippen LogP) is 6.07. The lowest BCUT2D eigenvalue weighted by molar-refractivity contribution is -0.129. The summed E-state index contributed by atoms with van der Waals surface area (Å²) in [5.74, 6) is -2.21. The molecule has 0 spiro atoms. The fourth-order valence-corrected chi connectivity index (χ4v) is 6.26. The van der Waals surface area contributed by atoms with Crippen LogP contribution in [-0.2, 0) is 14.8 Å². The van der Waals surface area contributed by atoms with Crippen LogP contribution < -0.4 is 20.9 Å². The summed E-state index contributed by atoms with van der Waals surface area (Å²) in [5.41, 5.74) is -1.41. The van der Waals surface area contributed by atoms with Crippen LogP contribution >= 0.6 is 0 Å². The first-order chi connectivity index (χ1) is 21.7. The first-order valence-electron chi connectivity index (χ1n) is 14.9. The monoisotopic (exact) mass is 688 g/mol. The van der Waals surface area contributed by atoms with Crippen molar-refractivity contribution in [3.05, 3.63) is 46.6 Å². The van der Waals surface area contributed by atoms with Gasteiger partial charge in [0.2, 0.25) is 16.0 Å². The number of pyridine rings is 1. The second-order valence-corrected chi connectivity index (χ2v) is 14.5. The topological polar surface area (TPSA) is 144 Å². The van der Waals surface area contributed by atoms with Crippen LogP contribution in [0.1, 0.15) is 66.3 Å². The number of carbonyl (C=O) groups is 1. The number of aromatic nitrogens is 3. The minimum Gasteiger partial charge on any atom is -0.444 e. The summed E-state index contributed by atoms with van der Waals surface area (Å²) in [7, 11) is -4.50. The van der Waals surface area contributed by atoms with E-state index < -0.39 is 75.4 Å². The molecule has 3 atom stereocenters. The van der Waals surface area contributed by atoms with Crippen molar-refractivity contribution in [3.63, 3.8) is 0 Å². The molecule has 0 radical (unpaired) electrons. The first kappa shape index (κ1) is 35.8. The van der Waals surface area contributed by atoms with E-state index in [9.17, 15) is 40.0 Å². The number of ether oxygens (including phenoxy) is 1. The van der Waals surface area contributed by atoms with E-state index in [0.717, 1.165) is 12.1 Å². The fraction of sp³-hybridized carbons (Fsp3) is 0.533. The average molecular weight is 689 g/mol. The third-order valence-corrected chi connectivity index (χ3v) is 8.57. The van der Waals surface area contributed by atoms with Crippen LogP contribution in [0.15, 0.2) is 35.3 Å². The Balaban J connectivity index is 1.54. The number of sulfonamides is 1. The van der Waals surface area contributed by atoms with Crippen molar-refractivity contribution in [2.24, 2.45) is 0 Å². The molecule has 1 aromatic carbocycles. The Morgan fingerprint density at radius 1 is 1.15 bits per heavy atom. The molecule has 0 bridgehead atoms. The van der Waals surface area contributed by atoms with Gasteiger partial charge in [0.05, 0.1) is 23.9 Å². The average Bonchev–Trinajstić information content (AvgIpc) is 2.93. The summed E-state index contributed by atoms with van der Waals surface area (Å²) >= 11 is 0. The molecule has 4 rings (SSSR count). The van der Waals surface area contributed by atoms with E-state index in [-0.39, 0.29) is 35.2 Å². The maximum atomic E-state index is 15.0. The van der Waals surface area contributed by atoms with Gasteiger partial charge in [-0.1, -0.05) is 6.07 Å². The number of hydrogen-bond donors (Lipinski definition) is 3. The lowest BCUT2D eigenvalue weighted by Crippen LogP contribution is -2.48. The molecule has 0 aliphatic heterocycles. The number of rotatable bonds is 9. The molecule has 11 nitrogen and oxygen atoms in total. The normalized spacial score (nSPS) is 19.1. The zero-order valence-electron chi connectivity index (χ0n) is 26.4. The molecule has 2 aromatic heterocycles. The molecule has 1 saturated carbocycles. The second kappa shape index (κ2) is 13.6. The van der Waals surface area contributed by atoms with Crippen LogP contribution in [0, 0.1) is 5.82 Å². The quantitative estimate of drug-likeness (QED) is 0.230. The van der Waals surface area contributed by atoms with E-state index in [1.165, 1.54) is 22.9 Å². The third kappa shape index (κ3) is 9.51. The van der Waals surface area contributed by atoms with Gasteiger partial charge in [-0.05, 0) is 71.2 Å².